The second-order valence-electron chi connectivity index (χ2n) is 5.38. The van der Waals surface area contributed by atoms with Crippen molar-refractivity contribution >= 4 is 27.6 Å². The minimum Gasteiger partial charge on any atom is -0.497 e. The van der Waals surface area contributed by atoms with Gasteiger partial charge in [-0.05, 0) is 51.9 Å². The number of tetrazole rings is 1. The van der Waals surface area contributed by atoms with Gasteiger partial charge >= 0.3 is 0 Å². The molecule has 0 saturated heterocycles. The summed E-state index contributed by atoms with van der Waals surface area (Å²) in [6.07, 6.45) is 2.12. The van der Waals surface area contributed by atoms with Crippen LogP contribution in [0.1, 0.15) is 17.2 Å². The Balaban J connectivity index is 1.77. The molecule has 2 heterocycles. The third-order valence-electron chi connectivity index (χ3n) is 3.94. The van der Waals surface area contributed by atoms with Crippen LogP contribution in [-0.4, -0.2) is 27.3 Å². The fourth-order valence-corrected chi connectivity index (χ4v) is 2.95. The predicted molar refractivity (Wildman–Crippen MR) is 94.7 cm³/mol. The highest BCUT2D eigenvalue weighted by Gasteiger charge is 2.24. The third-order valence-corrected chi connectivity index (χ3v) is 4.47. The number of anilines is 1. The Labute approximate surface area is 147 Å². The first-order valence-electron chi connectivity index (χ1n) is 7.41. The van der Waals surface area contributed by atoms with Crippen molar-refractivity contribution in [1.82, 2.24) is 20.2 Å². The van der Waals surface area contributed by atoms with Gasteiger partial charge in [0.2, 0.25) is 5.95 Å². The summed E-state index contributed by atoms with van der Waals surface area (Å²) < 4.78 is 8.04. The lowest BCUT2D eigenvalue weighted by molar-refractivity contribution is 0.414. The number of ether oxygens (including phenoxy) is 1. The number of halogens is 1. The molecule has 2 aromatic carbocycles. The summed E-state index contributed by atoms with van der Waals surface area (Å²) in [7, 11) is 1.66. The molecule has 0 spiro atoms. The van der Waals surface area contributed by atoms with E-state index >= 15 is 0 Å². The van der Waals surface area contributed by atoms with Gasteiger partial charge in [0.1, 0.15) is 11.8 Å². The van der Waals surface area contributed by atoms with Gasteiger partial charge in [-0.25, -0.2) is 0 Å². The molecule has 0 fully saturated rings. The number of nitrogens with one attached hydrogen (secondary N) is 1. The summed E-state index contributed by atoms with van der Waals surface area (Å²) in [6, 6.07) is 16.0. The lowest BCUT2D eigenvalue weighted by Crippen LogP contribution is -2.20. The van der Waals surface area contributed by atoms with Crippen LogP contribution in [-0.2, 0) is 0 Å². The molecule has 1 aliphatic rings. The van der Waals surface area contributed by atoms with Crippen LogP contribution in [0, 0.1) is 0 Å². The first kappa shape index (κ1) is 14.9. The number of nitrogens with zero attached hydrogens (tertiary/aromatic N) is 4. The van der Waals surface area contributed by atoms with Gasteiger partial charge in [-0.2, -0.15) is 4.68 Å². The number of fused-ring (bicyclic) bond motifs is 1. The minimum atomic E-state index is -0.0826. The van der Waals surface area contributed by atoms with Gasteiger partial charge in [0.05, 0.1) is 7.11 Å². The van der Waals surface area contributed by atoms with Crippen LogP contribution < -0.4 is 10.1 Å². The topological polar surface area (TPSA) is 64.9 Å². The molecule has 0 radical (unpaired) electrons. The van der Waals surface area contributed by atoms with Crippen molar-refractivity contribution in [3.8, 4) is 5.75 Å². The van der Waals surface area contributed by atoms with E-state index in [4.69, 9.17) is 4.74 Å². The molecule has 1 aromatic heterocycles. The Morgan fingerprint density at radius 3 is 2.54 bits per heavy atom. The largest absolute Gasteiger partial charge is 0.497 e. The van der Waals surface area contributed by atoms with Crippen molar-refractivity contribution in [2.45, 2.75) is 6.04 Å². The molecule has 24 heavy (non-hydrogen) atoms. The van der Waals surface area contributed by atoms with E-state index in [0.717, 1.165) is 27.0 Å². The molecule has 3 aromatic rings. The zero-order chi connectivity index (χ0) is 16.5. The molecule has 6 nitrogen and oxygen atoms in total. The van der Waals surface area contributed by atoms with Crippen molar-refractivity contribution in [2.24, 2.45) is 0 Å². The fraction of sp³-hybridized carbons (Fsp3) is 0.118. The number of benzene rings is 2. The molecule has 0 saturated carbocycles. The first-order valence-corrected chi connectivity index (χ1v) is 8.20. The van der Waals surface area contributed by atoms with Crippen molar-refractivity contribution < 1.29 is 4.74 Å². The highest BCUT2D eigenvalue weighted by molar-refractivity contribution is 9.10. The quantitative estimate of drug-likeness (QED) is 0.749. The van der Waals surface area contributed by atoms with E-state index in [-0.39, 0.29) is 6.04 Å². The fourth-order valence-electron chi connectivity index (χ4n) is 2.69. The van der Waals surface area contributed by atoms with Gasteiger partial charge < -0.3 is 10.1 Å². The van der Waals surface area contributed by atoms with Crippen LogP contribution in [0.3, 0.4) is 0 Å². The highest BCUT2D eigenvalue weighted by atomic mass is 79.9. The second-order valence-corrected chi connectivity index (χ2v) is 6.29. The summed E-state index contributed by atoms with van der Waals surface area (Å²) in [5, 5.41) is 15.3. The maximum absolute atomic E-state index is 5.23. The molecular weight excluding hydrogens is 370 g/mol. The zero-order valence-electron chi connectivity index (χ0n) is 12.8. The first-order chi connectivity index (χ1) is 11.7. The average Bonchev–Trinajstić information content (AvgIpc) is 3.10. The monoisotopic (exact) mass is 383 g/mol. The van der Waals surface area contributed by atoms with E-state index in [1.165, 1.54) is 0 Å². The molecule has 120 valence electrons. The van der Waals surface area contributed by atoms with Crippen LogP contribution in [0.15, 0.2) is 59.1 Å². The summed E-state index contributed by atoms with van der Waals surface area (Å²) >= 11 is 3.46. The van der Waals surface area contributed by atoms with Crippen LogP contribution in [0.2, 0.25) is 0 Å². The summed E-state index contributed by atoms with van der Waals surface area (Å²) in [4.78, 5) is 0. The van der Waals surface area contributed by atoms with E-state index in [9.17, 15) is 0 Å². The molecular formula is C17H14BrN5O. The van der Waals surface area contributed by atoms with Crippen molar-refractivity contribution in [1.29, 1.82) is 0 Å². The average molecular weight is 384 g/mol. The van der Waals surface area contributed by atoms with E-state index in [1.54, 1.807) is 11.8 Å². The Morgan fingerprint density at radius 1 is 1.08 bits per heavy atom. The van der Waals surface area contributed by atoms with Crippen LogP contribution in [0.25, 0.3) is 5.70 Å². The second kappa shape index (κ2) is 6.09. The van der Waals surface area contributed by atoms with Crippen molar-refractivity contribution in [3.05, 3.63) is 70.2 Å². The molecule has 1 aliphatic heterocycles. The summed E-state index contributed by atoms with van der Waals surface area (Å²) in [6.45, 7) is 0. The van der Waals surface area contributed by atoms with E-state index < -0.39 is 0 Å². The van der Waals surface area contributed by atoms with Crippen molar-refractivity contribution in [2.75, 3.05) is 12.4 Å². The molecule has 1 atom stereocenters. The van der Waals surface area contributed by atoms with Gasteiger partial charge in [0.15, 0.2) is 0 Å². The Kier molecular flexibility index (Phi) is 3.78. The SMILES string of the molecule is COc1ccc([C@@H]2C=C(c3ccc(Br)cc3)Nc3nnnn32)cc1. The van der Waals surface area contributed by atoms with Gasteiger partial charge in [0, 0.05) is 10.2 Å². The molecule has 0 bridgehead atoms. The summed E-state index contributed by atoms with van der Waals surface area (Å²) in [5.74, 6) is 1.44. The molecule has 0 aliphatic carbocycles. The Morgan fingerprint density at radius 2 is 1.83 bits per heavy atom. The number of hydrogen-bond acceptors (Lipinski definition) is 5. The number of rotatable bonds is 3. The number of hydrogen-bond donors (Lipinski definition) is 1. The molecule has 7 heteroatoms. The molecule has 4 rings (SSSR count). The maximum Gasteiger partial charge on any atom is 0.248 e. The Hall–Kier alpha value is -2.67. The smallest absolute Gasteiger partial charge is 0.248 e. The normalized spacial score (nSPS) is 16.1. The predicted octanol–water partition coefficient (Wildman–Crippen LogP) is 3.50. The molecule has 0 unspecified atom stereocenters. The summed E-state index contributed by atoms with van der Waals surface area (Å²) in [5.41, 5.74) is 3.14. The number of aromatic nitrogens is 4. The number of methoxy groups -OCH3 is 1. The minimum absolute atomic E-state index is 0.0826. The van der Waals surface area contributed by atoms with E-state index in [1.807, 2.05) is 48.5 Å². The van der Waals surface area contributed by atoms with E-state index in [0.29, 0.717) is 5.95 Å². The van der Waals surface area contributed by atoms with Gasteiger partial charge in [-0.1, -0.05) is 45.3 Å². The van der Waals surface area contributed by atoms with E-state index in [2.05, 4.69) is 42.8 Å². The van der Waals surface area contributed by atoms with Gasteiger partial charge in [0.25, 0.3) is 0 Å². The van der Waals surface area contributed by atoms with Crippen LogP contribution >= 0.6 is 15.9 Å². The van der Waals surface area contributed by atoms with Crippen LogP contribution in [0.4, 0.5) is 5.95 Å². The maximum atomic E-state index is 5.23. The van der Waals surface area contributed by atoms with Crippen LogP contribution in [0.5, 0.6) is 5.75 Å². The third kappa shape index (κ3) is 2.67. The highest BCUT2D eigenvalue weighted by Crippen LogP contribution is 2.32. The van der Waals surface area contributed by atoms with Gasteiger partial charge in [-0.3, -0.25) is 0 Å². The number of allylic oxidation sites excluding steroid dienone is 1. The van der Waals surface area contributed by atoms with Gasteiger partial charge in [-0.15, -0.1) is 0 Å². The standard InChI is InChI=1S/C17H14BrN5O/c1-24-14-8-4-12(5-9-14)16-10-15(11-2-6-13(18)7-3-11)19-17-20-21-22-23(16)17/h2-10,16H,1H3,(H,19,20,22)/t16-/m0/s1. The lowest BCUT2D eigenvalue weighted by Gasteiger charge is -2.23. The Bertz CT molecular complexity index is 886. The molecule has 1 N–H and O–H groups in total. The van der Waals surface area contributed by atoms with Crippen molar-refractivity contribution in [3.63, 3.8) is 0 Å². The zero-order valence-corrected chi connectivity index (χ0v) is 14.4. The lowest BCUT2D eigenvalue weighted by atomic mass is 10.0. The molecule has 0 amide bonds.